The third-order valence-corrected chi connectivity index (χ3v) is 6.83. The molecule has 1 atom stereocenters. The Hall–Kier alpha value is -3.07. The lowest BCUT2D eigenvalue weighted by Gasteiger charge is -2.15. The van der Waals surface area contributed by atoms with Gasteiger partial charge in [0.1, 0.15) is 0 Å². The van der Waals surface area contributed by atoms with Gasteiger partial charge in [-0.05, 0) is 65.9 Å². The summed E-state index contributed by atoms with van der Waals surface area (Å²) in [6, 6.07) is 22.9. The van der Waals surface area contributed by atoms with Gasteiger partial charge in [-0.3, -0.25) is 9.36 Å². The molecular formula is C26H22ClN3OS. The highest BCUT2D eigenvalue weighted by atomic mass is 35.5. The van der Waals surface area contributed by atoms with Crippen molar-refractivity contribution < 1.29 is 0 Å². The third-order valence-electron chi connectivity index (χ3n) is 5.58. The van der Waals surface area contributed by atoms with Crippen molar-refractivity contribution in [2.24, 2.45) is 0 Å². The number of fused-ring (bicyclic) bond motifs is 1. The average Bonchev–Trinajstić information content (AvgIpc) is 2.82. The summed E-state index contributed by atoms with van der Waals surface area (Å²) in [4.78, 5) is 18.2. The SMILES string of the molecule is CCC(C)c1ccc(-n2c(SCc3ccc(C#N)cc3)nc3cc(Cl)ccc3c2=O)cc1. The molecule has 0 aliphatic carbocycles. The van der Waals surface area contributed by atoms with Crippen molar-refractivity contribution in [1.29, 1.82) is 5.26 Å². The average molecular weight is 460 g/mol. The van der Waals surface area contributed by atoms with E-state index in [2.05, 4.69) is 32.0 Å². The number of halogens is 1. The van der Waals surface area contributed by atoms with E-state index in [1.165, 1.54) is 17.3 Å². The van der Waals surface area contributed by atoms with Crippen molar-refractivity contribution in [2.45, 2.75) is 37.1 Å². The van der Waals surface area contributed by atoms with Crippen LogP contribution >= 0.6 is 23.4 Å². The molecule has 0 spiro atoms. The van der Waals surface area contributed by atoms with Gasteiger partial charge < -0.3 is 0 Å². The molecule has 0 amide bonds. The molecule has 4 rings (SSSR count). The number of hydrogen-bond acceptors (Lipinski definition) is 4. The summed E-state index contributed by atoms with van der Waals surface area (Å²) in [6.45, 7) is 4.36. The van der Waals surface area contributed by atoms with Gasteiger partial charge in [0.15, 0.2) is 5.16 Å². The molecule has 4 aromatic rings. The Kier molecular flexibility index (Phi) is 6.64. The maximum Gasteiger partial charge on any atom is 0.266 e. The maximum absolute atomic E-state index is 13.5. The first kappa shape index (κ1) is 22.1. The van der Waals surface area contributed by atoms with Gasteiger partial charge in [-0.1, -0.05) is 61.5 Å². The van der Waals surface area contributed by atoms with E-state index >= 15 is 0 Å². The summed E-state index contributed by atoms with van der Waals surface area (Å²) in [5.74, 6) is 1.08. The minimum Gasteiger partial charge on any atom is -0.268 e. The normalized spacial score (nSPS) is 11.9. The monoisotopic (exact) mass is 459 g/mol. The van der Waals surface area contributed by atoms with Gasteiger partial charge >= 0.3 is 0 Å². The summed E-state index contributed by atoms with van der Waals surface area (Å²) in [6.07, 6.45) is 1.06. The van der Waals surface area contributed by atoms with Gasteiger partial charge in [0.05, 0.1) is 28.2 Å². The van der Waals surface area contributed by atoms with E-state index in [0.717, 1.165) is 17.7 Å². The zero-order valence-electron chi connectivity index (χ0n) is 17.9. The first-order valence-corrected chi connectivity index (χ1v) is 11.8. The number of rotatable bonds is 6. The maximum atomic E-state index is 13.5. The van der Waals surface area contributed by atoms with Crippen LogP contribution in [0.1, 0.15) is 42.9 Å². The van der Waals surface area contributed by atoms with Crippen LogP contribution in [0.5, 0.6) is 0 Å². The summed E-state index contributed by atoms with van der Waals surface area (Å²) < 4.78 is 1.67. The Bertz CT molecular complexity index is 1360. The molecule has 0 radical (unpaired) electrons. The van der Waals surface area contributed by atoms with Gasteiger partial charge in [0.2, 0.25) is 0 Å². The predicted octanol–water partition coefficient (Wildman–Crippen LogP) is 6.72. The molecule has 0 fully saturated rings. The smallest absolute Gasteiger partial charge is 0.266 e. The van der Waals surface area contributed by atoms with Crippen LogP contribution in [0.3, 0.4) is 0 Å². The first-order valence-electron chi connectivity index (χ1n) is 10.4. The molecular weight excluding hydrogens is 438 g/mol. The van der Waals surface area contributed by atoms with Gasteiger partial charge in [-0.15, -0.1) is 0 Å². The van der Waals surface area contributed by atoms with E-state index in [4.69, 9.17) is 21.8 Å². The molecule has 4 nitrogen and oxygen atoms in total. The van der Waals surface area contributed by atoms with Crippen molar-refractivity contribution in [2.75, 3.05) is 0 Å². The molecule has 0 saturated heterocycles. The fourth-order valence-electron chi connectivity index (χ4n) is 3.47. The highest BCUT2D eigenvalue weighted by Gasteiger charge is 2.15. The molecule has 0 bridgehead atoms. The lowest BCUT2D eigenvalue weighted by atomic mass is 9.98. The Morgan fingerprint density at radius 1 is 1.09 bits per heavy atom. The number of thioether (sulfide) groups is 1. The molecule has 1 heterocycles. The lowest BCUT2D eigenvalue weighted by molar-refractivity contribution is 0.732. The lowest BCUT2D eigenvalue weighted by Crippen LogP contribution is -2.21. The minimum absolute atomic E-state index is 0.120. The summed E-state index contributed by atoms with van der Waals surface area (Å²) >= 11 is 7.64. The van der Waals surface area contributed by atoms with E-state index in [1.807, 2.05) is 24.3 Å². The second-order valence-corrected chi connectivity index (χ2v) is 9.07. The largest absolute Gasteiger partial charge is 0.268 e. The molecule has 0 saturated carbocycles. The van der Waals surface area contributed by atoms with Crippen molar-refractivity contribution in [1.82, 2.24) is 9.55 Å². The van der Waals surface area contributed by atoms with Crippen LogP contribution in [0.25, 0.3) is 16.6 Å². The predicted molar refractivity (Wildman–Crippen MR) is 132 cm³/mol. The summed E-state index contributed by atoms with van der Waals surface area (Å²) in [5.41, 5.74) is 4.16. The number of hydrogen-bond donors (Lipinski definition) is 0. The first-order chi connectivity index (χ1) is 15.5. The Balaban J connectivity index is 1.78. The molecule has 32 heavy (non-hydrogen) atoms. The van der Waals surface area contributed by atoms with Crippen LogP contribution in [0.4, 0.5) is 0 Å². The zero-order chi connectivity index (χ0) is 22.7. The highest BCUT2D eigenvalue weighted by Crippen LogP contribution is 2.27. The molecule has 0 aliphatic rings. The van der Waals surface area contributed by atoms with Crippen LogP contribution in [0.2, 0.25) is 5.02 Å². The molecule has 0 aliphatic heterocycles. The van der Waals surface area contributed by atoms with Gasteiger partial charge in [0, 0.05) is 10.8 Å². The van der Waals surface area contributed by atoms with E-state index < -0.39 is 0 Å². The fraction of sp³-hybridized carbons (Fsp3) is 0.192. The number of nitriles is 1. The fourth-order valence-corrected chi connectivity index (χ4v) is 4.61. The Morgan fingerprint density at radius 3 is 2.47 bits per heavy atom. The van der Waals surface area contributed by atoms with Crippen molar-refractivity contribution in [3.8, 4) is 11.8 Å². The molecule has 160 valence electrons. The number of benzene rings is 3. The van der Waals surface area contributed by atoms with Crippen LogP contribution in [-0.2, 0) is 5.75 Å². The summed E-state index contributed by atoms with van der Waals surface area (Å²) in [7, 11) is 0. The Labute approximate surface area is 196 Å². The van der Waals surface area contributed by atoms with Crippen LogP contribution < -0.4 is 5.56 Å². The van der Waals surface area contributed by atoms with Crippen molar-refractivity contribution in [3.63, 3.8) is 0 Å². The molecule has 1 aromatic heterocycles. The topological polar surface area (TPSA) is 58.7 Å². The van der Waals surface area contributed by atoms with Crippen molar-refractivity contribution >= 4 is 34.3 Å². The highest BCUT2D eigenvalue weighted by molar-refractivity contribution is 7.98. The van der Waals surface area contributed by atoms with E-state index in [0.29, 0.717) is 38.3 Å². The zero-order valence-corrected chi connectivity index (χ0v) is 19.5. The number of nitrogens with zero attached hydrogens (tertiary/aromatic N) is 3. The number of aromatic nitrogens is 2. The van der Waals surface area contributed by atoms with Crippen LogP contribution in [-0.4, -0.2) is 9.55 Å². The standard InChI is InChI=1S/C26H22ClN3OS/c1-3-17(2)20-8-11-22(12-9-20)30-25(31)23-13-10-21(27)14-24(23)29-26(30)32-16-19-6-4-18(15-28)5-7-19/h4-14,17H,3,16H2,1-2H3. The quantitative estimate of drug-likeness (QED) is 0.237. The van der Waals surface area contributed by atoms with E-state index in [9.17, 15) is 4.79 Å². The van der Waals surface area contributed by atoms with Gasteiger partial charge in [-0.25, -0.2) is 4.98 Å². The van der Waals surface area contributed by atoms with Gasteiger partial charge in [-0.2, -0.15) is 5.26 Å². The van der Waals surface area contributed by atoms with E-state index in [-0.39, 0.29) is 5.56 Å². The third kappa shape index (κ3) is 4.57. The second-order valence-electron chi connectivity index (χ2n) is 7.69. The van der Waals surface area contributed by atoms with E-state index in [1.54, 1.807) is 34.9 Å². The van der Waals surface area contributed by atoms with Crippen molar-refractivity contribution in [3.05, 3.63) is 98.8 Å². The molecule has 6 heteroatoms. The van der Waals surface area contributed by atoms with Crippen LogP contribution in [0, 0.1) is 11.3 Å². The second kappa shape index (κ2) is 9.60. The molecule has 3 aromatic carbocycles. The summed E-state index contributed by atoms with van der Waals surface area (Å²) in [5, 5.41) is 10.7. The van der Waals surface area contributed by atoms with Gasteiger partial charge in [0.25, 0.3) is 5.56 Å². The molecule has 1 unspecified atom stereocenters. The minimum atomic E-state index is -0.120. The molecule has 0 N–H and O–H groups in total. The Morgan fingerprint density at radius 2 is 1.81 bits per heavy atom. The van der Waals surface area contributed by atoms with Crippen LogP contribution in [0.15, 0.2) is 76.7 Å².